The fourth-order valence-electron chi connectivity index (χ4n) is 5.41. The fourth-order valence-corrected chi connectivity index (χ4v) is 5.41. The van der Waals surface area contributed by atoms with E-state index in [2.05, 4.69) is 99.3 Å². The third kappa shape index (κ3) is 2.01. The molecule has 0 N–H and O–H groups in total. The summed E-state index contributed by atoms with van der Waals surface area (Å²) in [5, 5.41) is 6.78. The Morgan fingerprint density at radius 3 is 2.23 bits per heavy atom. The van der Waals surface area contributed by atoms with Gasteiger partial charge in [0.2, 0.25) is 5.52 Å². The number of rotatable bonds is 1. The lowest BCUT2D eigenvalue weighted by Gasteiger charge is -2.16. The zero-order valence-corrected chi connectivity index (χ0v) is 18.6. The third-order valence-corrected chi connectivity index (χ3v) is 7.21. The Bertz CT molecular complexity index is 1650. The molecule has 30 heavy (non-hydrogen) atoms. The highest BCUT2D eigenvalue weighted by molar-refractivity contribution is 6.26. The van der Waals surface area contributed by atoms with Crippen LogP contribution in [0.15, 0.2) is 48.7 Å². The smallest absolute Gasteiger partial charge is 0.224 e. The maximum atomic E-state index is 2.57. The average Bonchev–Trinajstić information content (AvgIpc) is 3.06. The molecule has 0 spiro atoms. The molecule has 0 atom stereocenters. The number of hydrogen-bond donors (Lipinski definition) is 0. The van der Waals surface area contributed by atoms with Gasteiger partial charge in [0.25, 0.3) is 0 Å². The maximum Gasteiger partial charge on any atom is 0.224 e. The second-order valence-corrected chi connectivity index (χ2v) is 9.33. The second-order valence-electron chi connectivity index (χ2n) is 9.33. The van der Waals surface area contributed by atoms with Gasteiger partial charge < -0.3 is 4.40 Å². The van der Waals surface area contributed by atoms with E-state index in [4.69, 9.17) is 0 Å². The van der Waals surface area contributed by atoms with Gasteiger partial charge in [-0.1, -0.05) is 44.2 Å². The monoisotopic (exact) mass is 391 g/mol. The topological polar surface area (TPSA) is 8.29 Å². The van der Waals surface area contributed by atoms with Gasteiger partial charge in [-0.15, -0.1) is 0 Å². The lowest BCUT2D eigenvalue weighted by Crippen LogP contribution is -2.29. The molecule has 0 aliphatic rings. The zero-order chi connectivity index (χ0) is 20.9. The van der Waals surface area contributed by atoms with Gasteiger partial charge in [0.05, 0.1) is 27.3 Å². The molecule has 3 aromatic heterocycles. The van der Waals surface area contributed by atoms with E-state index in [-0.39, 0.29) is 0 Å². The Balaban J connectivity index is 2.11. The first-order chi connectivity index (χ1) is 14.4. The van der Waals surface area contributed by atoms with E-state index < -0.39 is 0 Å². The van der Waals surface area contributed by atoms with Crippen LogP contribution in [0, 0.1) is 20.8 Å². The number of pyridine rings is 2. The van der Waals surface area contributed by atoms with Crippen molar-refractivity contribution in [1.82, 2.24) is 4.40 Å². The molecular weight excluding hydrogens is 364 g/mol. The first kappa shape index (κ1) is 17.7. The SMILES string of the molecule is Cc1ccc2c3ccc(C)c4c3n(c3cc(C(C)C)cc5cc[n+](C)c4c53)c2c1C. The second kappa shape index (κ2) is 5.72. The predicted molar refractivity (Wildman–Crippen MR) is 128 cm³/mol. The van der Waals surface area contributed by atoms with Crippen LogP contribution in [-0.4, -0.2) is 4.40 Å². The molecule has 3 aromatic carbocycles. The van der Waals surface area contributed by atoms with Crippen molar-refractivity contribution in [3.8, 4) is 0 Å². The molecule has 0 unspecified atom stereocenters. The standard InChI is InChI=1S/C28H27N2/c1-15(2)20-13-19-11-12-29(6)28-24-17(4)8-10-22-21-9-7-16(3)18(5)26(21)30(27(22)24)23(14-20)25(19)28/h7-15H,1-6H3/q+1. The Kier molecular flexibility index (Phi) is 3.38. The van der Waals surface area contributed by atoms with Gasteiger partial charge in [0, 0.05) is 16.8 Å². The first-order valence-electron chi connectivity index (χ1n) is 10.9. The molecule has 0 radical (unpaired) electrons. The van der Waals surface area contributed by atoms with Crippen molar-refractivity contribution in [3.05, 3.63) is 70.9 Å². The molecule has 0 amide bonds. The quantitative estimate of drug-likeness (QED) is 0.164. The Labute approximate surface area is 176 Å². The van der Waals surface area contributed by atoms with Gasteiger partial charge in [0.1, 0.15) is 7.05 Å². The van der Waals surface area contributed by atoms with Gasteiger partial charge >= 0.3 is 0 Å². The van der Waals surface area contributed by atoms with Crippen molar-refractivity contribution in [1.29, 1.82) is 0 Å². The van der Waals surface area contributed by atoms with Crippen LogP contribution < -0.4 is 4.57 Å². The van der Waals surface area contributed by atoms with Gasteiger partial charge in [0.15, 0.2) is 6.20 Å². The molecule has 6 rings (SSSR count). The van der Waals surface area contributed by atoms with Crippen molar-refractivity contribution in [2.24, 2.45) is 7.05 Å². The molecule has 2 heteroatoms. The number of fused-ring (bicyclic) bond motifs is 5. The van der Waals surface area contributed by atoms with E-state index in [9.17, 15) is 0 Å². The van der Waals surface area contributed by atoms with Crippen molar-refractivity contribution < 1.29 is 4.57 Å². The largest absolute Gasteiger partial charge is 0.307 e. The summed E-state index contributed by atoms with van der Waals surface area (Å²) in [6.45, 7) is 11.3. The van der Waals surface area contributed by atoms with Crippen molar-refractivity contribution in [3.63, 3.8) is 0 Å². The van der Waals surface area contributed by atoms with Crippen LogP contribution in [0.2, 0.25) is 0 Å². The van der Waals surface area contributed by atoms with Crippen molar-refractivity contribution >= 4 is 49.0 Å². The zero-order valence-electron chi connectivity index (χ0n) is 18.6. The van der Waals surface area contributed by atoms with E-state index in [1.165, 1.54) is 71.3 Å². The summed E-state index contributed by atoms with van der Waals surface area (Å²) in [5.74, 6) is 0.488. The summed E-state index contributed by atoms with van der Waals surface area (Å²) in [6.07, 6.45) is 2.22. The van der Waals surface area contributed by atoms with Crippen LogP contribution in [0.3, 0.4) is 0 Å². The maximum absolute atomic E-state index is 2.57. The van der Waals surface area contributed by atoms with Gasteiger partial charge in [-0.05, 0) is 60.4 Å². The molecular formula is C28H27N2+. The summed E-state index contributed by atoms with van der Waals surface area (Å²) in [5.41, 5.74) is 10.8. The summed E-state index contributed by atoms with van der Waals surface area (Å²) in [6, 6.07) is 16.3. The molecule has 0 saturated carbocycles. The molecule has 3 heterocycles. The molecule has 148 valence electrons. The molecule has 0 aliphatic carbocycles. The summed E-state index contributed by atoms with van der Waals surface area (Å²) < 4.78 is 4.87. The minimum atomic E-state index is 0.488. The minimum Gasteiger partial charge on any atom is -0.307 e. The highest BCUT2D eigenvalue weighted by atomic mass is 15.0. The number of hydrogen-bond acceptors (Lipinski definition) is 0. The fraction of sp³-hybridized carbons (Fsp3) is 0.250. The highest BCUT2D eigenvalue weighted by Crippen LogP contribution is 2.42. The van der Waals surface area contributed by atoms with E-state index in [1.807, 2.05) is 0 Å². The summed E-state index contributed by atoms with van der Waals surface area (Å²) >= 11 is 0. The van der Waals surface area contributed by atoms with E-state index >= 15 is 0 Å². The molecule has 6 aromatic rings. The van der Waals surface area contributed by atoms with Crippen LogP contribution in [0.4, 0.5) is 0 Å². The molecule has 2 nitrogen and oxygen atoms in total. The third-order valence-electron chi connectivity index (χ3n) is 7.21. The van der Waals surface area contributed by atoms with Gasteiger partial charge in [-0.2, -0.15) is 0 Å². The van der Waals surface area contributed by atoms with Crippen LogP contribution in [0.25, 0.3) is 49.0 Å². The lowest BCUT2D eigenvalue weighted by molar-refractivity contribution is -0.643. The first-order valence-corrected chi connectivity index (χ1v) is 10.9. The van der Waals surface area contributed by atoms with E-state index in [0.717, 1.165) is 0 Å². The predicted octanol–water partition coefficient (Wildman–Crippen LogP) is 6.86. The molecule has 0 fully saturated rings. The van der Waals surface area contributed by atoms with Crippen LogP contribution in [0.5, 0.6) is 0 Å². The Hall–Kier alpha value is -3.13. The lowest BCUT2D eigenvalue weighted by atomic mass is 9.95. The average molecular weight is 392 g/mol. The van der Waals surface area contributed by atoms with Crippen molar-refractivity contribution in [2.75, 3.05) is 0 Å². The Morgan fingerprint density at radius 1 is 0.800 bits per heavy atom. The van der Waals surface area contributed by atoms with Crippen LogP contribution >= 0.6 is 0 Å². The van der Waals surface area contributed by atoms with Crippen LogP contribution in [0.1, 0.15) is 42.0 Å². The normalized spacial score (nSPS) is 12.6. The highest BCUT2D eigenvalue weighted by Gasteiger charge is 2.25. The van der Waals surface area contributed by atoms with Crippen molar-refractivity contribution in [2.45, 2.75) is 40.5 Å². The minimum absolute atomic E-state index is 0.488. The number of benzene rings is 3. The van der Waals surface area contributed by atoms with E-state index in [0.29, 0.717) is 5.92 Å². The number of nitrogens with zero attached hydrogens (tertiary/aromatic N) is 2. The van der Waals surface area contributed by atoms with Gasteiger partial charge in [-0.3, -0.25) is 0 Å². The Morgan fingerprint density at radius 2 is 1.50 bits per heavy atom. The molecule has 0 aliphatic heterocycles. The number of aryl methyl sites for hydroxylation is 4. The summed E-state index contributed by atoms with van der Waals surface area (Å²) in [7, 11) is 2.18. The summed E-state index contributed by atoms with van der Waals surface area (Å²) in [4.78, 5) is 0. The molecule has 0 saturated heterocycles. The van der Waals surface area contributed by atoms with Crippen LogP contribution in [-0.2, 0) is 7.05 Å². The van der Waals surface area contributed by atoms with Gasteiger partial charge in [-0.25, -0.2) is 4.57 Å². The molecule has 0 bridgehead atoms. The van der Waals surface area contributed by atoms with E-state index in [1.54, 1.807) is 0 Å². The number of aromatic nitrogens is 2.